The van der Waals surface area contributed by atoms with Crippen LogP contribution in [-0.4, -0.2) is 52.0 Å². The number of nitrogens with one attached hydrogen (secondary N) is 1. The zero-order valence-corrected chi connectivity index (χ0v) is 10.2. The first-order valence-electron chi connectivity index (χ1n) is 6.08. The van der Waals surface area contributed by atoms with Crippen molar-refractivity contribution < 1.29 is 4.79 Å². The number of aromatic nitrogens is 3. The van der Waals surface area contributed by atoms with Gasteiger partial charge < -0.3 is 10.2 Å². The van der Waals surface area contributed by atoms with Crippen molar-refractivity contribution in [3.05, 3.63) is 12.4 Å². The van der Waals surface area contributed by atoms with E-state index in [0.29, 0.717) is 12.6 Å². The zero-order chi connectivity index (χ0) is 12.1. The van der Waals surface area contributed by atoms with E-state index in [2.05, 4.69) is 15.6 Å². The SMILES string of the molecule is CN(C(=O)CNCCCn1ccnn1)C1CC1. The quantitative estimate of drug-likeness (QED) is 0.671. The molecule has 1 aromatic heterocycles. The van der Waals surface area contributed by atoms with Crippen molar-refractivity contribution in [2.24, 2.45) is 0 Å². The Morgan fingerprint density at radius 1 is 1.59 bits per heavy atom. The number of nitrogens with zero attached hydrogens (tertiary/aromatic N) is 4. The summed E-state index contributed by atoms with van der Waals surface area (Å²) in [5.74, 6) is 0.188. The molecule has 17 heavy (non-hydrogen) atoms. The summed E-state index contributed by atoms with van der Waals surface area (Å²) in [5, 5.41) is 10.8. The molecular weight excluding hydrogens is 218 g/mol. The fraction of sp³-hybridized carbons (Fsp3) is 0.727. The van der Waals surface area contributed by atoms with E-state index in [4.69, 9.17) is 0 Å². The predicted molar refractivity (Wildman–Crippen MR) is 63.3 cm³/mol. The van der Waals surface area contributed by atoms with E-state index in [9.17, 15) is 4.79 Å². The van der Waals surface area contributed by atoms with Crippen LogP contribution in [0.15, 0.2) is 12.4 Å². The van der Waals surface area contributed by atoms with Crippen LogP contribution in [0.2, 0.25) is 0 Å². The third-order valence-corrected chi connectivity index (χ3v) is 2.98. The normalized spacial score (nSPS) is 14.9. The minimum Gasteiger partial charge on any atom is -0.342 e. The highest BCUT2D eigenvalue weighted by atomic mass is 16.2. The molecule has 0 aromatic carbocycles. The van der Waals surface area contributed by atoms with Gasteiger partial charge in [0.05, 0.1) is 12.7 Å². The van der Waals surface area contributed by atoms with Crippen LogP contribution in [0.4, 0.5) is 0 Å². The lowest BCUT2D eigenvalue weighted by molar-refractivity contribution is -0.129. The molecule has 1 amide bonds. The molecule has 0 bridgehead atoms. The van der Waals surface area contributed by atoms with Gasteiger partial charge in [-0.3, -0.25) is 9.48 Å². The van der Waals surface area contributed by atoms with Crippen molar-refractivity contribution in [1.29, 1.82) is 0 Å². The molecule has 1 saturated carbocycles. The van der Waals surface area contributed by atoms with E-state index >= 15 is 0 Å². The zero-order valence-electron chi connectivity index (χ0n) is 10.2. The number of hydrogen-bond donors (Lipinski definition) is 1. The highest BCUT2D eigenvalue weighted by Crippen LogP contribution is 2.24. The van der Waals surface area contributed by atoms with Gasteiger partial charge in [0, 0.05) is 25.8 Å². The fourth-order valence-corrected chi connectivity index (χ4v) is 1.70. The average molecular weight is 237 g/mol. The van der Waals surface area contributed by atoms with E-state index in [0.717, 1.165) is 32.4 Å². The smallest absolute Gasteiger partial charge is 0.236 e. The Balaban J connectivity index is 1.52. The summed E-state index contributed by atoms with van der Waals surface area (Å²) in [5.41, 5.74) is 0. The Bertz CT molecular complexity index is 347. The number of aryl methyl sites for hydroxylation is 1. The molecule has 0 atom stereocenters. The molecular formula is C11H19N5O. The van der Waals surface area contributed by atoms with Crippen molar-refractivity contribution in [2.75, 3.05) is 20.1 Å². The molecule has 1 heterocycles. The topological polar surface area (TPSA) is 63.1 Å². The average Bonchev–Trinajstić information content (AvgIpc) is 3.05. The van der Waals surface area contributed by atoms with Crippen LogP contribution in [0.5, 0.6) is 0 Å². The van der Waals surface area contributed by atoms with Gasteiger partial charge in [0.1, 0.15) is 0 Å². The predicted octanol–water partition coefficient (Wildman–Crippen LogP) is -0.121. The summed E-state index contributed by atoms with van der Waals surface area (Å²) in [7, 11) is 1.89. The van der Waals surface area contributed by atoms with Crippen molar-refractivity contribution in [3.8, 4) is 0 Å². The Hall–Kier alpha value is -1.43. The lowest BCUT2D eigenvalue weighted by atomic mass is 10.4. The Morgan fingerprint density at radius 3 is 3.06 bits per heavy atom. The van der Waals surface area contributed by atoms with Crippen LogP contribution in [0.3, 0.4) is 0 Å². The van der Waals surface area contributed by atoms with E-state index < -0.39 is 0 Å². The molecule has 0 radical (unpaired) electrons. The molecule has 94 valence electrons. The van der Waals surface area contributed by atoms with Crippen molar-refractivity contribution in [1.82, 2.24) is 25.2 Å². The molecule has 1 aliphatic rings. The van der Waals surface area contributed by atoms with Gasteiger partial charge in [-0.05, 0) is 25.8 Å². The second-order valence-corrected chi connectivity index (χ2v) is 4.43. The molecule has 1 N–H and O–H groups in total. The summed E-state index contributed by atoms with van der Waals surface area (Å²) in [4.78, 5) is 13.5. The first-order valence-corrected chi connectivity index (χ1v) is 6.08. The molecule has 0 unspecified atom stereocenters. The van der Waals surface area contributed by atoms with Gasteiger partial charge in [0.2, 0.25) is 5.91 Å². The van der Waals surface area contributed by atoms with Gasteiger partial charge in [-0.2, -0.15) is 0 Å². The first kappa shape index (κ1) is 12.0. The van der Waals surface area contributed by atoms with Gasteiger partial charge in [-0.25, -0.2) is 0 Å². The number of carbonyl (C=O) groups excluding carboxylic acids is 1. The summed E-state index contributed by atoms with van der Waals surface area (Å²) in [6.07, 6.45) is 6.78. The molecule has 1 aromatic rings. The number of amides is 1. The van der Waals surface area contributed by atoms with Gasteiger partial charge >= 0.3 is 0 Å². The van der Waals surface area contributed by atoms with Crippen LogP contribution in [0.1, 0.15) is 19.3 Å². The Kier molecular flexibility index (Phi) is 4.08. The molecule has 0 saturated heterocycles. The molecule has 2 rings (SSSR count). The molecule has 6 heteroatoms. The maximum Gasteiger partial charge on any atom is 0.236 e. The van der Waals surface area contributed by atoms with Crippen LogP contribution in [0, 0.1) is 0 Å². The lowest BCUT2D eigenvalue weighted by Gasteiger charge is -2.16. The summed E-state index contributed by atoms with van der Waals surface area (Å²) < 4.78 is 1.79. The highest BCUT2D eigenvalue weighted by molar-refractivity contribution is 5.78. The molecule has 6 nitrogen and oxygen atoms in total. The molecule has 0 spiro atoms. The van der Waals surface area contributed by atoms with Crippen molar-refractivity contribution in [3.63, 3.8) is 0 Å². The standard InChI is InChI=1S/C11H19N5O/c1-15(10-3-4-10)11(17)9-12-5-2-7-16-8-6-13-14-16/h6,8,10,12H,2-5,7,9H2,1H3. The third kappa shape index (κ3) is 3.81. The second-order valence-electron chi connectivity index (χ2n) is 4.43. The maximum absolute atomic E-state index is 11.7. The minimum absolute atomic E-state index is 0.188. The molecule has 1 aliphatic carbocycles. The van der Waals surface area contributed by atoms with Crippen LogP contribution in [0.25, 0.3) is 0 Å². The molecule has 1 fully saturated rings. The largest absolute Gasteiger partial charge is 0.342 e. The van der Waals surface area contributed by atoms with E-state index in [1.807, 2.05) is 18.1 Å². The minimum atomic E-state index is 0.188. The summed E-state index contributed by atoms with van der Waals surface area (Å²) >= 11 is 0. The van der Waals surface area contributed by atoms with Crippen LogP contribution in [-0.2, 0) is 11.3 Å². The lowest BCUT2D eigenvalue weighted by Crippen LogP contribution is -2.37. The number of rotatable bonds is 7. The first-order chi connectivity index (χ1) is 8.27. The van der Waals surface area contributed by atoms with E-state index in [1.54, 1.807) is 10.9 Å². The van der Waals surface area contributed by atoms with E-state index in [-0.39, 0.29) is 5.91 Å². The molecule has 0 aliphatic heterocycles. The Morgan fingerprint density at radius 2 is 2.41 bits per heavy atom. The van der Waals surface area contributed by atoms with Gasteiger partial charge in [0.25, 0.3) is 0 Å². The Labute approximate surface area is 101 Å². The van der Waals surface area contributed by atoms with E-state index in [1.165, 1.54) is 0 Å². The van der Waals surface area contributed by atoms with Gasteiger partial charge in [-0.15, -0.1) is 5.10 Å². The highest BCUT2D eigenvalue weighted by Gasteiger charge is 2.28. The van der Waals surface area contributed by atoms with Crippen molar-refractivity contribution in [2.45, 2.75) is 31.8 Å². The van der Waals surface area contributed by atoms with Crippen LogP contribution < -0.4 is 5.32 Å². The summed E-state index contributed by atoms with van der Waals surface area (Å²) in [6.45, 7) is 2.09. The maximum atomic E-state index is 11.7. The number of carbonyl (C=O) groups is 1. The third-order valence-electron chi connectivity index (χ3n) is 2.98. The van der Waals surface area contributed by atoms with Gasteiger partial charge in [0.15, 0.2) is 0 Å². The monoisotopic (exact) mass is 237 g/mol. The fourth-order valence-electron chi connectivity index (χ4n) is 1.70. The second kappa shape index (κ2) is 5.77. The number of hydrogen-bond acceptors (Lipinski definition) is 4. The summed E-state index contributed by atoms with van der Waals surface area (Å²) in [6, 6.07) is 0.499. The number of likely N-dealkylation sites (N-methyl/N-ethyl adjacent to an activating group) is 1. The van der Waals surface area contributed by atoms with Crippen LogP contribution >= 0.6 is 0 Å². The van der Waals surface area contributed by atoms with Gasteiger partial charge in [-0.1, -0.05) is 5.21 Å². The van der Waals surface area contributed by atoms with Crippen molar-refractivity contribution >= 4 is 5.91 Å².